The molecule has 0 aliphatic carbocycles. The highest BCUT2D eigenvalue weighted by Crippen LogP contribution is 2.26. The van der Waals surface area contributed by atoms with Crippen molar-refractivity contribution in [2.45, 2.75) is 39.8 Å². The maximum absolute atomic E-state index is 11.6. The molecule has 1 atom stereocenters. The van der Waals surface area contributed by atoms with Crippen LogP contribution in [0.4, 0.5) is 0 Å². The van der Waals surface area contributed by atoms with Crippen molar-refractivity contribution < 1.29 is 9.90 Å². The van der Waals surface area contributed by atoms with Crippen LogP contribution < -0.4 is 5.32 Å². The summed E-state index contributed by atoms with van der Waals surface area (Å²) < 4.78 is 1.86. The van der Waals surface area contributed by atoms with E-state index >= 15 is 0 Å². The first kappa shape index (κ1) is 19.8. The van der Waals surface area contributed by atoms with Crippen LogP contribution >= 0.6 is 0 Å². The van der Waals surface area contributed by atoms with Crippen LogP contribution in [0.15, 0.2) is 60.8 Å². The van der Waals surface area contributed by atoms with Gasteiger partial charge in [-0.1, -0.05) is 56.3 Å². The second kappa shape index (κ2) is 8.85. The molecule has 1 heterocycles. The molecule has 1 aromatic heterocycles. The fourth-order valence-corrected chi connectivity index (χ4v) is 3.29. The van der Waals surface area contributed by atoms with Crippen molar-refractivity contribution in [1.82, 2.24) is 15.1 Å². The molecule has 2 N–H and O–H groups in total. The van der Waals surface area contributed by atoms with Crippen molar-refractivity contribution in [3.05, 3.63) is 71.9 Å². The number of hydrogen-bond donors (Lipinski definition) is 2. The van der Waals surface area contributed by atoms with Gasteiger partial charge in [0.2, 0.25) is 0 Å². The van der Waals surface area contributed by atoms with Crippen molar-refractivity contribution in [1.29, 1.82) is 0 Å². The zero-order valence-corrected chi connectivity index (χ0v) is 16.6. The van der Waals surface area contributed by atoms with Crippen molar-refractivity contribution in [3.63, 3.8) is 0 Å². The molecule has 0 saturated heterocycles. The number of carboxylic acids is 1. The molecule has 0 radical (unpaired) electrons. The lowest BCUT2D eigenvalue weighted by Crippen LogP contribution is -2.37. The average Bonchev–Trinajstić information content (AvgIpc) is 3.09. The van der Waals surface area contributed by atoms with Gasteiger partial charge in [-0.3, -0.25) is 4.79 Å². The van der Waals surface area contributed by atoms with E-state index in [9.17, 15) is 9.90 Å². The summed E-state index contributed by atoms with van der Waals surface area (Å²) in [7, 11) is 0. The fourth-order valence-electron chi connectivity index (χ4n) is 3.29. The summed E-state index contributed by atoms with van der Waals surface area (Å²) in [5.74, 6) is -0.516. The molecule has 0 spiro atoms. The predicted molar refractivity (Wildman–Crippen MR) is 111 cm³/mol. The molecule has 0 aliphatic rings. The normalized spacial score (nSPS) is 12.3. The Morgan fingerprint density at radius 1 is 1.11 bits per heavy atom. The Kier molecular flexibility index (Phi) is 6.26. The first-order chi connectivity index (χ1) is 13.5. The van der Waals surface area contributed by atoms with E-state index in [1.165, 1.54) is 0 Å². The maximum atomic E-state index is 11.6. The number of rotatable bonds is 8. The average molecular weight is 377 g/mol. The van der Waals surface area contributed by atoms with Crippen molar-refractivity contribution in [2.24, 2.45) is 5.92 Å². The summed E-state index contributed by atoms with van der Waals surface area (Å²) >= 11 is 0. The number of hydrogen-bond acceptors (Lipinski definition) is 3. The standard InChI is InChI=1S/C23H27N3O2/c1-16(2)13-21(23(27)28)24-14-18-15-26(19-10-5-4-6-11-19)25-22(18)20-12-8-7-9-17(20)3/h4-12,15-16,21,24H,13-14H2,1-3H3,(H,27,28). The maximum Gasteiger partial charge on any atom is 0.320 e. The number of carbonyl (C=O) groups is 1. The van der Waals surface area contributed by atoms with Crippen LogP contribution in [0.5, 0.6) is 0 Å². The molecular formula is C23H27N3O2. The zero-order valence-electron chi connectivity index (χ0n) is 16.6. The van der Waals surface area contributed by atoms with Gasteiger partial charge < -0.3 is 10.4 Å². The molecule has 3 rings (SSSR count). The Hall–Kier alpha value is -2.92. The zero-order chi connectivity index (χ0) is 20.1. The first-order valence-electron chi connectivity index (χ1n) is 9.62. The number of carboxylic acid groups (broad SMARTS) is 1. The Balaban J connectivity index is 1.95. The molecule has 1 unspecified atom stereocenters. The Labute approximate surface area is 166 Å². The molecule has 0 aliphatic heterocycles. The Bertz CT molecular complexity index is 932. The third kappa shape index (κ3) is 4.67. The first-order valence-corrected chi connectivity index (χ1v) is 9.62. The highest BCUT2D eigenvalue weighted by Gasteiger charge is 2.20. The number of nitrogens with zero attached hydrogens (tertiary/aromatic N) is 2. The quantitative estimate of drug-likeness (QED) is 0.609. The summed E-state index contributed by atoms with van der Waals surface area (Å²) in [5, 5.41) is 17.6. The lowest BCUT2D eigenvalue weighted by atomic mass is 10.0. The van der Waals surface area contributed by atoms with Crippen LogP contribution in [0.25, 0.3) is 16.9 Å². The second-order valence-corrected chi connectivity index (χ2v) is 7.50. The minimum absolute atomic E-state index is 0.302. The van der Waals surface area contributed by atoms with E-state index in [0.717, 1.165) is 28.1 Å². The summed E-state index contributed by atoms with van der Waals surface area (Å²) in [6.07, 6.45) is 2.57. The minimum Gasteiger partial charge on any atom is -0.480 e. The Morgan fingerprint density at radius 2 is 1.79 bits per heavy atom. The van der Waals surface area contributed by atoms with Gasteiger partial charge in [0.05, 0.1) is 11.4 Å². The molecule has 28 heavy (non-hydrogen) atoms. The molecule has 0 bridgehead atoms. The summed E-state index contributed by atoms with van der Waals surface area (Å²) in [4.78, 5) is 11.6. The number of aryl methyl sites for hydroxylation is 1. The number of nitrogens with one attached hydrogen (secondary N) is 1. The van der Waals surface area contributed by atoms with Crippen LogP contribution in [0.2, 0.25) is 0 Å². The third-order valence-electron chi connectivity index (χ3n) is 4.76. The van der Waals surface area contributed by atoms with Crippen LogP contribution in [0, 0.1) is 12.8 Å². The van der Waals surface area contributed by atoms with Gasteiger partial charge in [-0.25, -0.2) is 4.68 Å². The van der Waals surface area contributed by atoms with Gasteiger partial charge >= 0.3 is 5.97 Å². The largest absolute Gasteiger partial charge is 0.480 e. The summed E-state index contributed by atoms with van der Waals surface area (Å²) in [5.41, 5.74) is 5.03. The molecule has 2 aromatic carbocycles. The van der Waals surface area contributed by atoms with Crippen LogP contribution in [-0.2, 0) is 11.3 Å². The smallest absolute Gasteiger partial charge is 0.320 e. The number of aromatic nitrogens is 2. The number of para-hydroxylation sites is 1. The topological polar surface area (TPSA) is 67.2 Å². The van der Waals surface area contributed by atoms with E-state index in [-0.39, 0.29) is 0 Å². The molecule has 146 valence electrons. The van der Waals surface area contributed by atoms with E-state index in [2.05, 4.69) is 24.4 Å². The van der Waals surface area contributed by atoms with Crippen LogP contribution in [0.3, 0.4) is 0 Å². The van der Waals surface area contributed by atoms with E-state index in [0.29, 0.717) is 18.9 Å². The van der Waals surface area contributed by atoms with Crippen molar-refractivity contribution in [3.8, 4) is 16.9 Å². The minimum atomic E-state index is -0.818. The van der Waals surface area contributed by atoms with Gasteiger partial charge in [0.1, 0.15) is 6.04 Å². The molecule has 3 aromatic rings. The molecule has 5 heteroatoms. The third-order valence-corrected chi connectivity index (χ3v) is 4.76. The lowest BCUT2D eigenvalue weighted by Gasteiger charge is -2.16. The fraction of sp³-hybridized carbons (Fsp3) is 0.304. The van der Waals surface area contributed by atoms with Gasteiger partial charge in [0, 0.05) is 23.9 Å². The SMILES string of the molecule is Cc1ccccc1-c1nn(-c2ccccc2)cc1CNC(CC(C)C)C(=O)O. The van der Waals surface area contributed by atoms with Gasteiger partial charge in [-0.15, -0.1) is 0 Å². The Morgan fingerprint density at radius 3 is 2.43 bits per heavy atom. The lowest BCUT2D eigenvalue weighted by molar-refractivity contribution is -0.140. The molecule has 0 amide bonds. The van der Waals surface area contributed by atoms with E-state index in [4.69, 9.17) is 5.10 Å². The second-order valence-electron chi connectivity index (χ2n) is 7.50. The van der Waals surface area contributed by atoms with E-state index < -0.39 is 12.0 Å². The van der Waals surface area contributed by atoms with Gasteiger partial charge in [0.15, 0.2) is 0 Å². The van der Waals surface area contributed by atoms with Gasteiger partial charge in [-0.2, -0.15) is 5.10 Å². The van der Waals surface area contributed by atoms with Crippen molar-refractivity contribution >= 4 is 5.97 Å². The molecular weight excluding hydrogens is 350 g/mol. The van der Waals surface area contributed by atoms with Gasteiger partial charge in [-0.05, 0) is 37.0 Å². The van der Waals surface area contributed by atoms with Crippen molar-refractivity contribution in [2.75, 3.05) is 0 Å². The number of aliphatic carboxylic acids is 1. The van der Waals surface area contributed by atoms with E-state index in [1.807, 2.05) is 67.2 Å². The highest BCUT2D eigenvalue weighted by molar-refractivity contribution is 5.73. The summed E-state index contributed by atoms with van der Waals surface area (Å²) in [6, 6.07) is 17.5. The van der Waals surface area contributed by atoms with Crippen LogP contribution in [0.1, 0.15) is 31.4 Å². The molecule has 5 nitrogen and oxygen atoms in total. The predicted octanol–water partition coefficient (Wildman–Crippen LogP) is 4.44. The molecule has 0 fully saturated rings. The summed E-state index contributed by atoms with van der Waals surface area (Å²) in [6.45, 7) is 6.57. The van der Waals surface area contributed by atoms with Crippen LogP contribution in [-0.4, -0.2) is 26.9 Å². The number of benzene rings is 2. The highest BCUT2D eigenvalue weighted by atomic mass is 16.4. The van der Waals surface area contributed by atoms with Gasteiger partial charge in [0.25, 0.3) is 0 Å². The van der Waals surface area contributed by atoms with E-state index in [1.54, 1.807) is 0 Å². The monoisotopic (exact) mass is 377 g/mol. The molecule has 0 saturated carbocycles.